The normalized spacial score (nSPS) is 10.3. The van der Waals surface area contributed by atoms with Gasteiger partial charge in [0.1, 0.15) is 11.5 Å². The van der Waals surface area contributed by atoms with Crippen LogP contribution in [0.25, 0.3) is 11.1 Å². The number of methoxy groups -OCH3 is 1. The molecule has 0 bridgehead atoms. The fourth-order valence-corrected chi connectivity index (χ4v) is 2.92. The van der Waals surface area contributed by atoms with Crippen LogP contribution in [-0.4, -0.2) is 18.4 Å². The van der Waals surface area contributed by atoms with Crippen molar-refractivity contribution in [2.45, 2.75) is 13.8 Å². The summed E-state index contributed by atoms with van der Waals surface area (Å²) in [7, 11) is 11.4. The molecule has 0 fully saturated rings. The Morgan fingerprint density at radius 3 is 2.07 bits per heavy atom. The quantitative estimate of drug-likeness (QED) is 0.351. The molecule has 0 aromatic heterocycles. The molecule has 1 N–H and O–H groups in total. The number of para-hydroxylation sites is 1. The predicted octanol–water partition coefficient (Wildman–Crippen LogP) is 6.81. The van der Waals surface area contributed by atoms with Crippen LogP contribution in [-0.2, 0) is 17.0 Å². The molecule has 0 saturated carbocycles. The summed E-state index contributed by atoms with van der Waals surface area (Å²) in [5.74, 6) is 1.04. The number of phenolic OH excluding ortho intramolecular Hbond substituents is 1. The van der Waals surface area contributed by atoms with Crippen LogP contribution in [0.15, 0.2) is 65.7 Å². The molecule has 28 heavy (non-hydrogen) atoms. The van der Waals surface area contributed by atoms with Crippen LogP contribution >= 0.6 is 18.6 Å². The number of aliphatic imine (C=N–C) groups is 1. The zero-order valence-corrected chi connectivity index (χ0v) is 19.0. The van der Waals surface area contributed by atoms with Crippen molar-refractivity contribution in [1.29, 1.82) is 0 Å². The zero-order chi connectivity index (χ0) is 20.5. The molecule has 0 spiro atoms. The first-order valence-electron chi connectivity index (χ1n) is 8.54. The topological polar surface area (TPSA) is 41.8 Å². The third-order valence-corrected chi connectivity index (χ3v) is 4.24. The van der Waals surface area contributed by atoms with E-state index in [0.29, 0.717) is 5.56 Å². The molecule has 0 aliphatic heterocycles. The van der Waals surface area contributed by atoms with Gasteiger partial charge in [0.05, 0.1) is 12.8 Å². The standard InChI is InChI=1S/C22H21NO2.2ClH.Ti/c1-15-6-4-7-16(2)21(15)20-9-5-8-17(22(20)24)14-23-18-10-12-19(25-3)13-11-18;;;/h4-14,24H,1-3H3;2*1H;/q;;;+2/p-2. The molecule has 0 atom stereocenters. The molecule has 3 aromatic carbocycles. The van der Waals surface area contributed by atoms with Gasteiger partial charge >= 0.3 is 35.6 Å². The Kier molecular flexibility index (Phi) is 9.07. The van der Waals surface area contributed by atoms with Gasteiger partial charge in [-0.1, -0.05) is 30.3 Å². The van der Waals surface area contributed by atoms with Crippen LogP contribution in [0, 0.1) is 13.8 Å². The van der Waals surface area contributed by atoms with E-state index in [-0.39, 0.29) is 5.75 Å². The summed E-state index contributed by atoms with van der Waals surface area (Å²) in [4.78, 5) is 4.45. The van der Waals surface area contributed by atoms with E-state index in [1.807, 2.05) is 48.5 Å². The van der Waals surface area contributed by atoms with Crippen LogP contribution < -0.4 is 4.74 Å². The Bertz CT molecular complexity index is 924. The molecule has 0 radical (unpaired) electrons. The Balaban J connectivity index is 0.000000878. The molecule has 3 rings (SSSR count). The Morgan fingerprint density at radius 2 is 1.50 bits per heavy atom. The van der Waals surface area contributed by atoms with Gasteiger partial charge in [-0.2, -0.15) is 0 Å². The van der Waals surface area contributed by atoms with Crippen LogP contribution in [0.5, 0.6) is 11.5 Å². The number of ether oxygens (including phenoxy) is 1. The minimum atomic E-state index is -0.556. The van der Waals surface area contributed by atoms with Gasteiger partial charge in [0.15, 0.2) is 0 Å². The number of rotatable bonds is 4. The molecule has 0 heterocycles. The predicted molar refractivity (Wildman–Crippen MR) is 115 cm³/mol. The number of nitrogens with zero attached hydrogens (tertiary/aromatic N) is 1. The summed E-state index contributed by atoms with van der Waals surface area (Å²) >= 11 is -0.556. The van der Waals surface area contributed by atoms with Crippen molar-refractivity contribution in [2.24, 2.45) is 4.99 Å². The van der Waals surface area contributed by atoms with Crippen LogP contribution in [0.3, 0.4) is 0 Å². The molecular formula is C22H21Cl2NO2Ti. The molecule has 0 unspecified atom stereocenters. The van der Waals surface area contributed by atoms with Gasteiger partial charge in [0.25, 0.3) is 0 Å². The number of hydrogen-bond donors (Lipinski definition) is 1. The molecule has 0 saturated heterocycles. The molecule has 3 aromatic rings. The zero-order valence-electron chi connectivity index (χ0n) is 15.9. The summed E-state index contributed by atoms with van der Waals surface area (Å²) in [6, 6.07) is 19.4. The summed E-state index contributed by atoms with van der Waals surface area (Å²) in [6.45, 7) is 4.11. The van der Waals surface area contributed by atoms with E-state index in [1.54, 1.807) is 13.3 Å². The summed E-state index contributed by atoms with van der Waals surface area (Å²) in [6.07, 6.45) is 1.69. The van der Waals surface area contributed by atoms with E-state index in [2.05, 4.69) is 31.0 Å². The SMILES string of the molecule is COc1ccc(N=Cc2cccc(-c3c(C)cccc3C)c2O)cc1.[Cl][Ti][Cl]. The molecule has 0 aliphatic rings. The van der Waals surface area contributed by atoms with E-state index in [0.717, 1.165) is 33.7 Å². The van der Waals surface area contributed by atoms with Gasteiger partial charge < -0.3 is 9.84 Å². The first kappa shape index (κ1) is 22.5. The Hall–Kier alpha value is -1.78. The summed E-state index contributed by atoms with van der Waals surface area (Å²) in [5, 5.41) is 10.7. The van der Waals surface area contributed by atoms with Crippen molar-refractivity contribution in [3.05, 3.63) is 77.4 Å². The van der Waals surface area contributed by atoms with E-state index in [9.17, 15) is 5.11 Å². The third-order valence-electron chi connectivity index (χ3n) is 4.24. The van der Waals surface area contributed by atoms with Crippen molar-refractivity contribution >= 4 is 30.5 Å². The van der Waals surface area contributed by atoms with Crippen LogP contribution in [0.4, 0.5) is 5.69 Å². The Labute approximate surface area is 182 Å². The van der Waals surface area contributed by atoms with E-state index in [1.165, 1.54) is 0 Å². The fraction of sp³-hybridized carbons (Fsp3) is 0.136. The van der Waals surface area contributed by atoms with Crippen molar-refractivity contribution in [2.75, 3.05) is 7.11 Å². The van der Waals surface area contributed by atoms with Crippen molar-refractivity contribution in [1.82, 2.24) is 0 Å². The fourth-order valence-electron chi connectivity index (χ4n) is 2.92. The average Bonchev–Trinajstić information content (AvgIpc) is 2.69. The maximum atomic E-state index is 10.7. The molecule has 144 valence electrons. The van der Waals surface area contributed by atoms with Gasteiger partial charge in [-0.25, -0.2) is 0 Å². The second-order valence-electron chi connectivity index (χ2n) is 6.04. The number of aromatic hydroxyl groups is 1. The van der Waals surface area contributed by atoms with E-state index in [4.69, 9.17) is 23.3 Å². The van der Waals surface area contributed by atoms with E-state index < -0.39 is 17.0 Å². The first-order valence-corrected chi connectivity index (χ1v) is 12.8. The minimum absolute atomic E-state index is 0.247. The van der Waals surface area contributed by atoms with Gasteiger partial charge in [0, 0.05) is 17.3 Å². The van der Waals surface area contributed by atoms with Gasteiger partial charge in [-0.3, -0.25) is 4.99 Å². The van der Waals surface area contributed by atoms with E-state index >= 15 is 0 Å². The number of aryl methyl sites for hydroxylation is 2. The van der Waals surface area contributed by atoms with Crippen molar-refractivity contribution < 1.29 is 26.9 Å². The number of phenols is 1. The number of benzene rings is 3. The molecular weight excluding hydrogens is 429 g/mol. The Morgan fingerprint density at radius 1 is 0.929 bits per heavy atom. The molecule has 3 nitrogen and oxygen atoms in total. The second kappa shape index (κ2) is 11.3. The molecule has 0 aliphatic carbocycles. The van der Waals surface area contributed by atoms with Gasteiger partial charge in [0.2, 0.25) is 0 Å². The molecule has 0 amide bonds. The average molecular weight is 450 g/mol. The number of halogens is 2. The number of hydrogen-bond acceptors (Lipinski definition) is 3. The third kappa shape index (κ3) is 5.86. The van der Waals surface area contributed by atoms with Crippen molar-refractivity contribution in [3.63, 3.8) is 0 Å². The second-order valence-corrected chi connectivity index (χ2v) is 8.62. The van der Waals surface area contributed by atoms with Crippen LogP contribution in [0.2, 0.25) is 0 Å². The van der Waals surface area contributed by atoms with Crippen LogP contribution in [0.1, 0.15) is 16.7 Å². The monoisotopic (exact) mass is 449 g/mol. The summed E-state index contributed by atoms with van der Waals surface area (Å²) in [5.41, 5.74) is 5.67. The molecule has 6 heteroatoms. The summed E-state index contributed by atoms with van der Waals surface area (Å²) < 4.78 is 5.15. The van der Waals surface area contributed by atoms with Crippen molar-refractivity contribution in [3.8, 4) is 22.6 Å². The van der Waals surface area contributed by atoms with Gasteiger partial charge in [-0.05, 0) is 60.9 Å². The van der Waals surface area contributed by atoms with Gasteiger partial charge in [-0.15, -0.1) is 0 Å². The maximum absolute atomic E-state index is 10.7. The first-order chi connectivity index (χ1) is 13.5.